The lowest BCUT2D eigenvalue weighted by Gasteiger charge is -2.27. The molecule has 2 amide bonds. The Labute approximate surface area is 137 Å². The molecule has 0 heterocycles. The topological polar surface area (TPSA) is 32.3 Å². The summed E-state index contributed by atoms with van der Waals surface area (Å²) in [5.74, 6) is -0.290. The number of benzene rings is 2. The molecule has 0 saturated carbocycles. The van der Waals surface area contributed by atoms with Gasteiger partial charge in [-0.1, -0.05) is 56.3 Å². The van der Waals surface area contributed by atoms with E-state index in [0.717, 1.165) is 5.56 Å². The molecule has 4 heteroatoms. The van der Waals surface area contributed by atoms with E-state index in [1.54, 1.807) is 24.1 Å². The number of amides is 2. The summed E-state index contributed by atoms with van der Waals surface area (Å²) in [5.41, 5.74) is 1.79. The van der Waals surface area contributed by atoms with Crippen LogP contribution in [-0.4, -0.2) is 24.5 Å². The number of nitrogens with one attached hydrogen (secondary N) is 1. The van der Waals surface area contributed by atoms with Gasteiger partial charge in [-0.25, -0.2) is 9.18 Å². The molecular formula is C19H23FN2O. The van der Waals surface area contributed by atoms with Gasteiger partial charge in [0.1, 0.15) is 5.82 Å². The Morgan fingerprint density at radius 1 is 1.13 bits per heavy atom. The smallest absolute Gasteiger partial charge is 0.317 e. The van der Waals surface area contributed by atoms with Crippen molar-refractivity contribution in [1.82, 2.24) is 10.2 Å². The summed E-state index contributed by atoms with van der Waals surface area (Å²) in [7, 11) is 1.70. The Hall–Kier alpha value is -2.36. The van der Waals surface area contributed by atoms with Crippen LogP contribution in [0.3, 0.4) is 0 Å². The molecule has 2 rings (SSSR count). The van der Waals surface area contributed by atoms with Gasteiger partial charge < -0.3 is 10.2 Å². The Morgan fingerprint density at radius 3 is 2.48 bits per heavy atom. The highest BCUT2D eigenvalue weighted by Gasteiger charge is 2.22. The van der Waals surface area contributed by atoms with Crippen LogP contribution < -0.4 is 5.32 Å². The number of hydrogen-bond acceptors (Lipinski definition) is 1. The van der Waals surface area contributed by atoms with Crippen LogP contribution in [0.5, 0.6) is 0 Å². The van der Waals surface area contributed by atoms with Crippen LogP contribution in [0.2, 0.25) is 0 Å². The first-order valence-corrected chi connectivity index (χ1v) is 7.67. The highest BCUT2D eigenvalue weighted by molar-refractivity contribution is 5.74. The maximum atomic E-state index is 13.2. The molecule has 3 nitrogen and oxygen atoms in total. The predicted molar refractivity (Wildman–Crippen MR) is 90.7 cm³/mol. The van der Waals surface area contributed by atoms with Crippen LogP contribution in [0.1, 0.15) is 25.0 Å². The van der Waals surface area contributed by atoms with E-state index < -0.39 is 0 Å². The molecule has 0 aliphatic heterocycles. The number of hydrogen-bond donors (Lipinski definition) is 1. The molecule has 0 radical (unpaired) electrons. The third-order valence-electron chi connectivity index (χ3n) is 3.89. The number of carbonyl (C=O) groups excluding carboxylic acids is 1. The van der Waals surface area contributed by atoms with Crippen LogP contribution in [-0.2, 0) is 12.0 Å². The normalized spacial score (nSPS) is 11.1. The summed E-state index contributed by atoms with van der Waals surface area (Å²) < 4.78 is 13.2. The van der Waals surface area contributed by atoms with Gasteiger partial charge in [-0.05, 0) is 23.3 Å². The third-order valence-corrected chi connectivity index (χ3v) is 3.89. The molecule has 0 spiro atoms. The molecule has 0 aliphatic carbocycles. The summed E-state index contributed by atoms with van der Waals surface area (Å²) in [4.78, 5) is 13.8. The minimum atomic E-state index is -0.290. The lowest BCUT2D eigenvalue weighted by Crippen LogP contribution is -2.42. The molecule has 0 unspecified atom stereocenters. The number of carbonyl (C=O) groups is 1. The third kappa shape index (κ3) is 4.81. The van der Waals surface area contributed by atoms with Crippen LogP contribution in [0, 0.1) is 5.82 Å². The van der Waals surface area contributed by atoms with E-state index in [-0.39, 0.29) is 17.3 Å². The fraction of sp³-hybridized carbons (Fsp3) is 0.316. The van der Waals surface area contributed by atoms with E-state index in [2.05, 4.69) is 31.3 Å². The highest BCUT2D eigenvalue weighted by Crippen LogP contribution is 2.21. The molecule has 122 valence electrons. The minimum Gasteiger partial charge on any atom is -0.337 e. The van der Waals surface area contributed by atoms with Crippen LogP contribution in [0.4, 0.5) is 9.18 Å². The fourth-order valence-electron chi connectivity index (χ4n) is 2.40. The number of rotatable bonds is 5. The molecule has 0 saturated heterocycles. The Bertz CT molecular complexity index is 655. The van der Waals surface area contributed by atoms with E-state index in [4.69, 9.17) is 0 Å². The summed E-state index contributed by atoms with van der Waals surface area (Å²) in [6.07, 6.45) is 0. The van der Waals surface area contributed by atoms with E-state index in [0.29, 0.717) is 13.1 Å². The Balaban J connectivity index is 1.91. The summed E-state index contributed by atoms with van der Waals surface area (Å²) in [5, 5.41) is 2.95. The van der Waals surface area contributed by atoms with Gasteiger partial charge in [0.05, 0.1) is 0 Å². The van der Waals surface area contributed by atoms with Crippen molar-refractivity contribution in [2.75, 3.05) is 13.6 Å². The number of urea groups is 1. The van der Waals surface area contributed by atoms with E-state index in [1.165, 1.54) is 17.7 Å². The van der Waals surface area contributed by atoms with Gasteiger partial charge in [-0.15, -0.1) is 0 Å². The average molecular weight is 314 g/mol. The second-order valence-corrected chi connectivity index (χ2v) is 6.39. The minimum absolute atomic E-state index is 0.156. The lowest BCUT2D eigenvalue weighted by molar-refractivity contribution is 0.204. The Morgan fingerprint density at radius 2 is 1.83 bits per heavy atom. The first kappa shape index (κ1) is 17.0. The predicted octanol–water partition coefficient (Wildman–Crippen LogP) is 3.94. The van der Waals surface area contributed by atoms with Gasteiger partial charge in [0.25, 0.3) is 0 Å². The average Bonchev–Trinajstić information content (AvgIpc) is 2.53. The largest absolute Gasteiger partial charge is 0.337 e. The van der Waals surface area contributed by atoms with Crippen molar-refractivity contribution in [2.24, 2.45) is 0 Å². The van der Waals surface area contributed by atoms with Crippen molar-refractivity contribution in [2.45, 2.75) is 25.8 Å². The van der Waals surface area contributed by atoms with Gasteiger partial charge in [-0.2, -0.15) is 0 Å². The van der Waals surface area contributed by atoms with E-state index in [1.807, 2.05) is 18.2 Å². The fourth-order valence-corrected chi connectivity index (χ4v) is 2.40. The quantitative estimate of drug-likeness (QED) is 0.890. The standard InChI is InChI=1S/C19H23FN2O/c1-19(2,16-9-5-4-6-10-16)14-21-18(23)22(3)13-15-8-7-11-17(20)12-15/h4-12H,13-14H2,1-3H3,(H,21,23). The molecule has 0 bridgehead atoms. The molecule has 2 aromatic carbocycles. The molecule has 1 N–H and O–H groups in total. The van der Waals surface area contributed by atoms with E-state index in [9.17, 15) is 9.18 Å². The SMILES string of the molecule is CN(Cc1cccc(F)c1)C(=O)NCC(C)(C)c1ccccc1. The van der Waals surface area contributed by atoms with Crippen molar-refractivity contribution in [3.05, 3.63) is 71.5 Å². The van der Waals surface area contributed by atoms with Gasteiger partial charge in [0, 0.05) is 25.6 Å². The van der Waals surface area contributed by atoms with Gasteiger partial charge in [0.2, 0.25) is 0 Å². The van der Waals surface area contributed by atoms with Crippen LogP contribution in [0.15, 0.2) is 54.6 Å². The van der Waals surface area contributed by atoms with Gasteiger partial charge in [-0.3, -0.25) is 0 Å². The van der Waals surface area contributed by atoms with Crippen molar-refractivity contribution >= 4 is 6.03 Å². The second kappa shape index (κ2) is 7.27. The molecule has 2 aromatic rings. The number of halogens is 1. The maximum absolute atomic E-state index is 13.2. The number of nitrogens with zero attached hydrogens (tertiary/aromatic N) is 1. The zero-order valence-corrected chi connectivity index (χ0v) is 13.8. The molecular weight excluding hydrogens is 291 g/mol. The van der Waals surface area contributed by atoms with Gasteiger partial charge >= 0.3 is 6.03 Å². The molecule has 0 aromatic heterocycles. The molecule has 23 heavy (non-hydrogen) atoms. The Kier molecular flexibility index (Phi) is 5.37. The first-order chi connectivity index (χ1) is 10.9. The summed E-state index contributed by atoms with van der Waals surface area (Å²) in [6.45, 7) is 5.09. The molecule has 0 aliphatic rings. The highest BCUT2D eigenvalue weighted by atomic mass is 19.1. The lowest BCUT2D eigenvalue weighted by atomic mass is 9.85. The van der Waals surface area contributed by atoms with E-state index >= 15 is 0 Å². The monoisotopic (exact) mass is 314 g/mol. The maximum Gasteiger partial charge on any atom is 0.317 e. The van der Waals surface area contributed by atoms with Crippen LogP contribution in [0.25, 0.3) is 0 Å². The van der Waals surface area contributed by atoms with Crippen molar-refractivity contribution < 1.29 is 9.18 Å². The first-order valence-electron chi connectivity index (χ1n) is 7.67. The van der Waals surface area contributed by atoms with Gasteiger partial charge in [0.15, 0.2) is 0 Å². The summed E-state index contributed by atoms with van der Waals surface area (Å²) in [6, 6.07) is 16.2. The molecule has 0 atom stereocenters. The zero-order valence-electron chi connectivity index (χ0n) is 13.8. The molecule has 0 fully saturated rings. The van der Waals surface area contributed by atoms with Crippen molar-refractivity contribution in [3.63, 3.8) is 0 Å². The zero-order chi connectivity index (χ0) is 16.9. The second-order valence-electron chi connectivity index (χ2n) is 6.39. The van der Waals surface area contributed by atoms with Crippen molar-refractivity contribution in [1.29, 1.82) is 0 Å². The van der Waals surface area contributed by atoms with Crippen LogP contribution >= 0.6 is 0 Å². The summed E-state index contributed by atoms with van der Waals surface area (Å²) >= 11 is 0. The van der Waals surface area contributed by atoms with Crippen molar-refractivity contribution in [3.8, 4) is 0 Å².